The fraction of sp³-hybridized carbons (Fsp3) is 0.0571. The first kappa shape index (κ1) is 23.0. The van der Waals surface area contributed by atoms with Gasteiger partial charge in [0.15, 0.2) is 0 Å². The van der Waals surface area contributed by atoms with Gasteiger partial charge in [-0.3, -0.25) is 0 Å². The van der Waals surface area contributed by atoms with Crippen LogP contribution in [-0.2, 0) is 0 Å². The number of aromatic nitrogens is 1. The van der Waals surface area contributed by atoms with Crippen molar-refractivity contribution in [2.24, 2.45) is 5.73 Å². The van der Waals surface area contributed by atoms with E-state index in [1.165, 1.54) is 60.1 Å². The highest BCUT2D eigenvalue weighted by molar-refractivity contribution is 8.07. The summed E-state index contributed by atoms with van der Waals surface area (Å²) in [6, 6.07) is 40.2. The second kappa shape index (κ2) is 9.06. The summed E-state index contributed by atoms with van der Waals surface area (Å²) >= 11 is 3.50. The third kappa shape index (κ3) is 3.95. The lowest BCUT2D eigenvalue weighted by molar-refractivity contribution is 0.992. The van der Waals surface area contributed by atoms with E-state index in [4.69, 9.17) is 5.73 Å². The Morgan fingerprint density at radius 2 is 1.10 bits per heavy atom. The Labute approximate surface area is 235 Å². The summed E-state index contributed by atoms with van der Waals surface area (Å²) < 4.78 is 0. The molecule has 1 aromatic heterocycles. The lowest BCUT2D eigenvalue weighted by atomic mass is 9.90. The molecule has 0 aliphatic carbocycles. The van der Waals surface area contributed by atoms with Gasteiger partial charge < -0.3 is 5.73 Å². The molecule has 0 amide bonds. The molecule has 39 heavy (non-hydrogen) atoms. The molecule has 1 aliphatic heterocycles. The molecule has 4 heteroatoms. The van der Waals surface area contributed by atoms with Crippen LogP contribution in [0.25, 0.3) is 65.1 Å². The average molecular weight is 537 g/mol. The number of thioether (sulfide) groups is 1. The van der Waals surface area contributed by atoms with Crippen molar-refractivity contribution in [3.8, 4) is 32.8 Å². The molecule has 2 N–H and O–H groups in total. The van der Waals surface area contributed by atoms with Gasteiger partial charge in [-0.15, -0.1) is 23.1 Å². The molecule has 186 valence electrons. The van der Waals surface area contributed by atoms with Gasteiger partial charge in [-0.2, -0.15) is 0 Å². The molecule has 2 heterocycles. The van der Waals surface area contributed by atoms with Crippen LogP contribution in [0.3, 0.4) is 0 Å². The van der Waals surface area contributed by atoms with Crippen molar-refractivity contribution < 1.29 is 0 Å². The van der Waals surface area contributed by atoms with E-state index in [-0.39, 0.29) is 5.37 Å². The van der Waals surface area contributed by atoms with Crippen molar-refractivity contribution in [3.63, 3.8) is 0 Å². The molecule has 1 saturated heterocycles. The van der Waals surface area contributed by atoms with Crippen LogP contribution in [0.1, 0.15) is 10.8 Å². The van der Waals surface area contributed by atoms with E-state index in [0.29, 0.717) is 5.25 Å². The molecule has 0 saturated carbocycles. The van der Waals surface area contributed by atoms with Gasteiger partial charge in [0, 0.05) is 17.1 Å². The molecule has 8 rings (SSSR count). The second-order valence-electron chi connectivity index (χ2n) is 10.1. The molecule has 0 radical (unpaired) electrons. The highest BCUT2D eigenvalue weighted by Gasteiger charge is 2.36. The number of hydrogen-bond donors (Lipinski definition) is 1. The SMILES string of the molecule is NC1S[C@H]1c1cccc(-c2ccc3c4ccc(-c5cccc(-c6nccs6)c5)cc4c4ccccc4c3c2)c1. The fourth-order valence-corrected chi connectivity index (χ4v) is 7.15. The Morgan fingerprint density at radius 3 is 1.72 bits per heavy atom. The fourth-order valence-electron chi connectivity index (χ4n) is 5.80. The lowest BCUT2D eigenvalue weighted by Gasteiger charge is -2.14. The highest BCUT2D eigenvalue weighted by Crippen LogP contribution is 2.52. The summed E-state index contributed by atoms with van der Waals surface area (Å²) in [5.74, 6) is 0. The van der Waals surface area contributed by atoms with Gasteiger partial charge >= 0.3 is 0 Å². The maximum absolute atomic E-state index is 6.11. The first-order valence-electron chi connectivity index (χ1n) is 13.1. The van der Waals surface area contributed by atoms with Gasteiger partial charge in [0.1, 0.15) is 5.01 Å². The second-order valence-corrected chi connectivity index (χ2v) is 12.4. The number of hydrogen-bond acceptors (Lipinski definition) is 4. The minimum absolute atomic E-state index is 0.229. The zero-order valence-corrected chi connectivity index (χ0v) is 22.7. The Hall–Kier alpha value is -3.96. The number of nitrogens with zero attached hydrogens (tertiary/aromatic N) is 1. The molecule has 1 unspecified atom stereocenters. The van der Waals surface area contributed by atoms with E-state index < -0.39 is 0 Å². The minimum Gasteiger partial charge on any atom is -0.318 e. The molecule has 6 aromatic carbocycles. The minimum atomic E-state index is 0.229. The van der Waals surface area contributed by atoms with Crippen LogP contribution in [0.5, 0.6) is 0 Å². The predicted octanol–water partition coefficient (Wildman–Crippen LogP) is 9.68. The van der Waals surface area contributed by atoms with Crippen molar-refractivity contribution in [2.75, 3.05) is 0 Å². The zero-order valence-electron chi connectivity index (χ0n) is 21.0. The van der Waals surface area contributed by atoms with Crippen LogP contribution in [0.15, 0.2) is 121 Å². The third-order valence-corrected chi connectivity index (χ3v) is 9.74. The number of rotatable bonds is 4. The van der Waals surface area contributed by atoms with E-state index in [2.05, 4.69) is 114 Å². The Kier molecular flexibility index (Phi) is 5.34. The topological polar surface area (TPSA) is 38.9 Å². The summed E-state index contributed by atoms with van der Waals surface area (Å²) in [5.41, 5.74) is 13.5. The molecule has 1 fully saturated rings. The summed E-state index contributed by atoms with van der Waals surface area (Å²) in [4.78, 5) is 4.51. The first-order valence-corrected chi connectivity index (χ1v) is 15.0. The van der Waals surface area contributed by atoms with Crippen molar-refractivity contribution in [1.29, 1.82) is 0 Å². The van der Waals surface area contributed by atoms with E-state index in [0.717, 1.165) is 10.6 Å². The lowest BCUT2D eigenvalue weighted by Crippen LogP contribution is -2.00. The smallest absolute Gasteiger partial charge is 0.123 e. The molecule has 7 aromatic rings. The Balaban J connectivity index is 1.30. The van der Waals surface area contributed by atoms with Crippen molar-refractivity contribution in [2.45, 2.75) is 10.6 Å². The summed E-state index contributed by atoms with van der Waals surface area (Å²) in [6.07, 6.45) is 1.86. The molecular formula is C35H24N2S2. The molecule has 0 bridgehead atoms. The van der Waals surface area contributed by atoms with Gasteiger partial charge in [0.05, 0.1) is 10.6 Å². The standard InChI is InChI=1S/C35H24N2S2/c36-34-33(39-34)25-7-3-5-21(17-25)23-11-13-29-30-14-12-24(22-6-4-8-26(18-22)35-37-15-16-38-35)20-32(30)28-10-2-1-9-27(28)31(29)19-23/h1-20,33-34H,36H2/t33-,34?/m0/s1. The van der Waals surface area contributed by atoms with Crippen LogP contribution >= 0.6 is 23.1 Å². The summed E-state index contributed by atoms with van der Waals surface area (Å²) in [7, 11) is 0. The summed E-state index contributed by atoms with van der Waals surface area (Å²) in [6.45, 7) is 0. The maximum atomic E-state index is 6.11. The number of nitrogens with two attached hydrogens (primary N) is 1. The summed E-state index contributed by atoms with van der Waals surface area (Å²) in [5, 5.41) is 11.4. The van der Waals surface area contributed by atoms with Crippen LogP contribution in [0.4, 0.5) is 0 Å². The zero-order chi connectivity index (χ0) is 25.9. The largest absolute Gasteiger partial charge is 0.318 e. The van der Waals surface area contributed by atoms with E-state index in [9.17, 15) is 0 Å². The predicted molar refractivity (Wildman–Crippen MR) is 169 cm³/mol. The highest BCUT2D eigenvalue weighted by atomic mass is 32.2. The van der Waals surface area contributed by atoms with E-state index >= 15 is 0 Å². The molecule has 1 aliphatic rings. The van der Waals surface area contributed by atoms with Gasteiger partial charge in [-0.05, 0) is 84.4 Å². The van der Waals surface area contributed by atoms with Crippen molar-refractivity contribution in [3.05, 3.63) is 126 Å². The van der Waals surface area contributed by atoms with Crippen LogP contribution in [-0.4, -0.2) is 10.4 Å². The normalized spacial score (nSPS) is 16.7. The monoisotopic (exact) mass is 536 g/mol. The molecule has 0 spiro atoms. The van der Waals surface area contributed by atoms with Crippen LogP contribution < -0.4 is 5.73 Å². The average Bonchev–Trinajstić information content (AvgIpc) is 3.48. The van der Waals surface area contributed by atoms with Crippen molar-refractivity contribution >= 4 is 55.4 Å². The number of thiazole rings is 1. The van der Waals surface area contributed by atoms with Gasteiger partial charge in [0.25, 0.3) is 0 Å². The van der Waals surface area contributed by atoms with Crippen molar-refractivity contribution in [1.82, 2.24) is 4.98 Å². The van der Waals surface area contributed by atoms with E-state index in [1.807, 2.05) is 23.3 Å². The first-order chi connectivity index (χ1) is 19.2. The van der Waals surface area contributed by atoms with Crippen LogP contribution in [0.2, 0.25) is 0 Å². The third-order valence-electron chi connectivity index (χ3n) is 7.79. The quantitative estimate of drug-likeness (QED) is 0.180. The van der Waals surface area contributed by atoms with Gasteiger partial charge in [0.2, 0.25) is 0 Å². The number of benzene rings is 6. The van der Waals surface area contributed by atoms with Gasteiger partial charge in [-0.1, -0.05) is 84.9 Å². The molecular weight excluding hydrogens is 513 g/mol. The van der Waals surface area contributed by atoms with E-state index in [1.54, 1.807) is 11.3 Å². The Bertz CT molecular complexity index is 2010. The maximum Gasteiger partial charge on any atom is 0.123 e. The van der Waals surface area contributed by atoms with Gasteiger partial charge in [-0.25, -0.2) is 4.98 Å². The molecule has 2 atom stereocenters. The Morgan fingerprint density at radius 1 is 0.538 bits per heavy atom. The number of fused-ring (bicyclic) bond motifs is 6. The van der Waals surface area contributed by atoms with Crippen LogP contribution in [0, 0.1) is 0 Å². The molecule has 2 nitrogen and oxygen atoms in total.